The first kappa shape index (κ1) is 8.27. The van der Waals surface area contributed by atoms with Gasteiger partial charge in [-0.2, -0.15) is 5.26 Å². The molecule has 5 heteroatoms. The molecule has 0 aromatic carbocycles. The topological polar surface area (TPSA) is 78.7 Å². The van der Waals surface area contributed by atoms with Crippen molar-refractivity contribution >= 4 is 0 Å². The summed E-state index contributed by atoms with van der Waals surface area (Å²) in [5, 5.41) is 10.5. The molecule has 1 heterocycles. The highest BCUT2D eigenvalue weighted by Gasteiger charge is 1.93. The predicted molar refractivity (Wildman–Crippen MR) is 41.6 cm³/mol. The summed E-state index contributed by atoms with van der Waals surface area (Å²) < 4.78 is 1.12. The van der Waals surface area contributed by atoms with Crippen LogP contribution in [0.25, 0.3) is 0 Å². The van der Waals surface area contributed by atoms with Gasteiger partial charge < -0.3 is 0 Å². The fraction of sp³-hybridized carbons (Fsp3) is 0.286. The van der Waals surface area contributed by atoms with Crippen LogP contribution < -0.4 is 11.1 Å². The summed E-state index contributed by atoms with van der Waals surface area (Å²) >= 11 is 0. The van der Waals surface area contributed by atoms with Crippen LogP contribution in [0.2, 0.25) is 0 Å². The van der Waals surface area contributed by atoms with Gasteiger partial charge in [-0.15, -0.1) is 0 Å². The smallest absolute Gasteiger partial charge is 0.265 e. The first-order chi connectivity index (χ1) is 5.74. The van der Waals surface area contributed by atoms with Crippen LogP contribution >= 0.6 is 0 Å². The van der Waals surface area contributed by atoms with E-state index < -0.39 is 0 Å². The minimum atomic E-state index is -0.340. The van der Waals surface area contributed by atoms with Crippen molar-refractivity contribution in [1.29, 1.82) is 5.26 Å². The monoisotopic (exact) mass is 165 g/mol. The number of aromatic nitrogens is 2. The molecule has 0 spiro atoms. The van der Waals surface area contributed by atoms with Crippen molar-refractivity contribution in [2.75, 3.05) is 0 Å². The molecule has 0 radical (unpaired) electrons. The average Bonchev–Trinajstić information content (AvgIpc) is 2.07. The SMILES string of the molecule is N#CCCn1[nH]c(=O)ccc1=O. The molecule has 1 rings (SSSR count). The Morgan fingerprint density at radius 3 is 2.92 bits per heavy atom. The fourth-order valence-corrected chi connectivity index (χ4v) is 0.790. The Morgan fingerprint density at radius 2 is 2.25 bits per heavy atom. The standard InChI is InChI=1S/C7H7N3O2/c8-4-1-5-10-7(12)3-2-6(11)9-10/h2-3H,1,5H2,(H,9,11). The molecule has 0 amide bonds. The number of hydrogen-bond donors (Lipinski definition) is 1. The van der Waals surface area contributed by atoms with Gasteiger partial charge in [0.25, 0.3) is 11.1 Å². The number of H-pyrrole nitrogens is 1. The Bertz CT molecular complexity index is 410. The maximum atomic E-state index is 11.0. The number of hydrogen-bond acceptors (Lipinski definition) is 3. The van der Waals surface area contributed by atoms with Crippen molar-refractivity contribution in [3.8, 4) is 6.07 Å². The number of aromatic amines is 1. The molecule has 0 unspecified atom stereocenters. The van der Waals surface area contributed by atoms with E-state index in [4.69, 9.17) is 5.26 Å². The van der Waals surface area contributed by atoms with Gasteiger partial charge in [0.2, 0.25) is 0 Å². The molecule has 0 saturated carbocycles. The van der Waals surface area contributed by atoms with Gasteiger partial charge in [0, 0.05) is 12.1 Å². The minimum absolute atomic E-state index is 0.208. The minimum Gasteiger partial charge on any atom is -0.268 e. The zero-order valence-corrected chi connectivity index (χ0v) is 6.28. The summed E-state index contributed by atoms with van der Waals surface area (Å²) in [4.78, 5) is 21.7. The summed E-state index contributed by atoms with van der Waals surface area (Å²) in [7, 11) is 0. The summed E-state index contributed by atoms with van der Waals surface area (Å²) in [5.41, 5.74) is -0.641. The van der Waals surface area contributed by atoms with Crippen LogP contribution in [0.5, 0.6) is 0 Å². The number of rotatable bonds is 2. The lowest BCUT2D eigenvalue weighted by Crippen LogP contribution is -2.27. The molecule has 0 aliphatic heterocycles. The lowest BCUT2D eigenvalue weighted by Gasteiger charge is -1.98. The van der Waals surface area contributed by atoms with Crippen molar-refractivity contribution in [2.24, 2.45) is 0 Å². The highest BCUT2D eigenvalue weighted by molar-refractivity contribution is 4.86. The number of aryl methyl sites for hydroxylation is 1. The van der Waals surface area contributed by atoms with Crippen LogP contribution in [-0.4, -0.2) is 9.78 Å². The van der Waals surface area contributed by atoms with Gasteiger partial charge in [-0.05, 0) is 0 Å². The van der Waals surface area contributed by atoms with Crippen molar-refractivity contribution in [1.82, 2.24) is 9.78 Å². The summed E-state index contributed by atoms with van der Waals surface area (Å²) in [5.74, 6) is 0. The highest BCUT2D eigenvalue weighted by Crippen LogP contribution is 1.77. The fourth-order valence-electron chi connectivity index (χ4n) is 0.790. The lowest BCUT2D eigenvalue weighted by molar-refractivity contribution is 0.579. The van der Waals surface area contributed by atoms with Crippen LogP contribution in [0.4, 0.5) is 0 Å². The summed E-state index contributed by atoms with van der Waals surface area (Å²) in [6, 6.07) is 4.22. The zero-order chi connectivity index (χ0) is 8.97. The van der Waals surface area contributed by atoms with Gasteiger partial charge in [0.1, 0.15) is 0 Å². The Balaban J connectivity index is 3.00. The first-order valence-corrected chi connectivity index (χ1v) is 3.41. The third-order valence-corrected chi connectivity index (χ3v) is 1.34. The van der Waals surface area contributed by atoms with Crippen molar-refractivity contribution in [3.05, 3.63) is 32.8 Å². The van der Waals surface area contributed by atoms with Gasteiger partial charge in [-0.3, -0.25) is 14.7 Å². The van der Waals surface area contributed by atoms with Crippen LogP contribution in [-0.2, 0) is 6.54 Å². The van der Waals surface area contributed by atoms with E-state index in [9.17, 15) is 9.59 Å². The number of nitrogens with zero attached hydrogens (tertiary/aromatic N) is 2. The molecular formula is C7H7N3O2. The Labute approximate surface area is 67.9 Å². The van der Waals surface area contributed by atoms with Crippen molar-refractivity contribution < 1.29 is 0 Å². The lowest BCUT2D eigenvalue weighted by atomic mass is 10.4. The Morgan fingerprint density at radius 1 is 1.50 bits per heavy atom. The molecule has 0 bridgehead atoms. The van der Waals surface area contributed by atoms with Crippen LogP contribution in [0, 0.1) is 11.3 Å². The molecular weight excluding hydrogens is 158 g/mol. The molecule has 1 aromatic heterocycles. The maximum Gasteiger partial charge on any atom is 0.265 e. The third-order valence-electron chi connectivity index (χ3n) is 1.34. The van der Waals surface area contributed by atoms with E-state index in [1.807, 2.05) is 6.07 Å². The van der Waals surface area contributed by atoms with Gasteiger partial charge in [-0.25, -0.2) is 4.68 Å². The normalized spacial score (nSPS) is 9.25. The van der Waals surface area contributed by atoms with Crippen LogP contribution in [0.15, 0.2) is 21.7 Å². The van der Waals surface area contributed by atoms with E-state index in [2.05, 4.69) is 5.10 Å². The molecule has 12 heavy (non-hydrogen) atoms. The van der Waals surface area contributed by atoms with Gasteiger partial charge in [0.05, 0.1) is 19.0 Å². The highest BCUT2D eigenvalue weighted by atomic mass is 16.1. The summed E-state index contributed by atoms with van der Waals surface area (Å²) in [6.07, 6.45) is 0.208. The van der Waals surface area contributed by atoms with Gasteiger partial charge in [0.15, 0.2) is 0 Å². The predicted octanol–water partition coefficient (Wildman–Crippen LogP) is -0.550. The quantitative estimate of drug-likeness (QED) is 0.638. The van der Waals surface area contributed by atoms with Crippen molar-refractivity contribution in [2.45, 2.75) is 13.0 Å². The van der Waals surface area contributed by atoms with Crippen molar-refractivity contribution in [3.63, 3.8) is 0 Å². The van der Waals surface area contributed by atoms with Gasteiger partial charge >= 0.3 is 0 Å². The van der Waals surface area contributed by atoms with Crippen LogP contribution in [0.1, 0.15) is 6.42 Å². The zero-order valence-electron chi connectivity index (χ0n) is 6.28. The molecule has 62 valence electrons. The number of nitrogens with one attached hydrogen (secondary N) is 1. The average molecular weight is 165 g/mol. The van der Waals surface area contributed by atoms with E-state index in [1.165, 1.54) is 6.07 Å². The molecule has 1 N–H and O–H groups in total. The van der Waals surface area contributed by atoms with E-state index in [1.54, 1.807) is 0 Å². The summed E-state index contributed by atoms with van der Waals surface area (Å²) in [6.45, 7) is 0.228. The van der Waals surface area contributed by atoms with E-state index in [0.29, 0.717) is 0 Å². The Kier molecular flexibility index (Phi) is 2.43. The molecule has 0 fully saturated rings. The second-order valence-corrected chi connectivity index (χ2v) is 2.21. The molecule has 0 aliphatic carbocycles. The maximum absolute atomic E-state index is 11.0. The molecule has 0 atom stereocenters. The molecule has 5 nitrogen and oxygen atoms in total. The number of nitriles is 1. The second-order valence-electron chi connectivity index (χ2n) is 2.21. The van der Waals surface area contributed by atoms with E-state index >= 15 is 0 Å². The largest absolute Gasteiger partial charge is 0.268 e. The molecule has 0 aliphatic rings. The van der Waals surface area contributed by atoms with E-state index in [-0.39, 0.29) is 24.1 Å². The second kappa shape index (κ2) is 3.53. The Hall–Kier alpha value is -1.83. The van der Waals surface area contributed by atoms with Crippen LogP contribution in [0.3, 0.4) is 0 Å². The van der Waals surface area contributed by atoms with Gasteiger partial charge in [-0.1, -0.05) is 0 Å². The third kappa shape index (κ3) is 1.83. The molecule has 1 aromatic rings. The molecule has 0 saturated heterocycles. The van der Waals surface area contributed by atoms with E-state index in [0.717, 1.165) is 10.7 Å². The first-order valence-electron chi connectivity index (χ1n) is 3.41.